The van der Waals surface area contributed by atoms with Crippen molar-refractivity contribution in [1.29, 1.82) is 0 Å². The van der Waals surface area contributed by atoms with Crippen molar-refractivity contribution in [2.45, 2.75) is 32.0 Å². The molecule has 0 atom stereocenters. The maximum absolute atomic E-state index is 4.09. The summed E-state index contributed by atoms with van der Waals surface area (Å²) < 4.78 is 0. The molecule has 4 N–H and O–H groups in total. The van der Waals surface area contributed by atoms with Gasteiger partial charge in [0.05, 0.1) is 0 Å². The van der Waals surface area contributed by atoms with Crippen LogP contribution in [0.15, 0.2) is 54.6 Å². The lowest BCUT2D eigenvalue weighted by Gasteiger charge is -2.32. The number of likely N-dealkylation sites (tertiary alicyclic amines) is 1. The van der Waals surface area contributed by atoms with E-state index in [0.717, 1.165) is 18.8 Å². The van der Waals surface area contributed by atoms with Gasteiger partial charge in [0, 0.05) is 24.7 Å². The van der Waals surface area contributed by atoms with Crippen molar-refractivity contribution >= 4 is 30.5 Å². The quantitative estimate of drug-likeness (QED) is 0.850. The number of quaternary nitrogens is 1. The van der Waals surface area contributed by atoms with Crippen LogP contribution in [0.2, 0.25) is 0 Å². The summed E-state index contributed by atoms with van der Waals surface area (Å²) in [7, 11) is 0. The van der Waals surface area contributed by atoms with Crippen LogP contribution in [-0.4, -0.2) is 24.0 Å². The first-order valence-corrected chi connectivity index (χ1v) is 8.21. The standard InChI is InChI=1S/C19H25N3.2ClH/c20-19-9-5-4-8-17(19)14-21-18-10-12-22(13-11-18)15-16-6-2-1-3-7-16;;/h1-9,18,21H,10-15,20H2;2*1H/p+1. The Labute approximate surface area is 157 Å². The zero-order chi connectivity index (χ0) is 15.2. The van der Waals surface area contributed by atoms with Crippen LogP contribution in [0.4, 0.5) is 5.69 Å². The molecule has 1 aliphatic rings. The second kappa shape index (κ2) is 10.7. The van der Waals surface area contributed by atoms with Crippen molar-refractivity contribution in [2.75, 3.05) is 13.1 Å². The SMILES string of the molecule is Cl.Cl.[NH3+]c1ccccc1CNC1CCN(Cc2ccccc2)CC1. The smallest absolute Gasteiger partial charge is 0.132 e. The van der Waals surface area contributed by atoms with Gasteiger partial charge in [0.1, 0.15) is 5.69 Å². The first-order valence-electron chi connectivity index (χ1n) is 8.21. The molecule has 3 nitrogen and oxygen atoms in total. The zero-order valence-corrected chi connectivity index (χ0v) is 15.6. The zero-order valence-electron chi connectivity index (χ0n) is 14.0. The van der Waals surface area contributed by atoms with Crippen LogP contribution in [0.3, 0.4) is 0 Å². The number of nitrogens with zero attached hydrogens (tertiary/aromatic N) is 1. The Kier molecular flexibility index (Phi) is 9.34. The second-order valence-electron chi connectivity index (χ2n) is 6.19. The van der Waals surface area contributed by atoms with Gasteiger partial charge in [0.15, 0.2) is 0 Å². The maximum atomic E-state index is 4.09. The molecule has 0 aliphatic carbocycles. The highest BCUT2D eigenvalue weighted by molar-refractivity contribution is 5.85. The first kappa shape index (κ1) is 20.9. The van der Waals surface area contributed by atoms with Crippen LogP contribution >= 0.6 is 24.8 Å². The summed E-state index contributed by atoms with van der Waals surface area (Å²) in [6.45, 7) is 4.37. The van der Waals surface area contributed by atoms with E-state index in [4.69, 9.17) is 0 Å². The van der Waals surface area contributed by atoms with Crippen LogP contribution < -0.4 is 11.1 Å². The van der Waals surface area contributed by atoms with Crippen molar-refractivity contribution < 1.29 is 5.73 Å². The molecule has 2 aromatic rings. The van der Waals surface area contributed by atoms with E-state index < -0.39 is 0 Å². The molecular formula is C19H28Cl2N3+. The van der Waals surface area contributed by atoms with Gasteiger partial charge in [0.25, 0.3) is 0 Å². The summed E-state index contributed by atoms with van der Waals surface area (Å²) in [5, 5.41) is 3.70. The van der Waals surface area contributed by atoms with Crippen molar-refractivity contribution in [3.05, 3.63) is 65.7 Å². The molecule has 2 aromatic carbocycles. The minimum absolute atomic E-state index is 0. The molecule has 0 bridgehead atoms. The van der Waals surface area contributed by atoms with E-state index in [1.807, 2.05) is 6.07 Å². The van der Waals surface area contributed by atoms with E-state index in [1.54, 1.807) is 0 Å². The van der Waals surface area contributed by atoms with Crippen molar-refractivity contribution in [3.63, 3.8) is 0 Å². The van der Waals surface area contributed by atoms with E-state index in [1.165, 1.54) is 37.1 Å². The Morgan fingerprint density at radius 2 is 1.54 bits per heavy atom. The van der Waals surface area contributed by atoms with Gasteiger partial charge in [-0.05, 0) is 37.6 Å². The van der Waals surface area contributed by atoms with Crippen LogP contribution in [0.25, 0.3) is 0 Å². The molecule has 0 aromatic heterocycles. The van der Waals surface area contributed by atoms with E-state index in [0.29, 0.717) is 6.04 Å². The third-order valence-electron chi connectivity index (χ3n) is 4.54. The van der Waals surface area contributed by atoms with Crippen LogP contribution in [0.5, 0.6) is 0 Å². The Bertz CT molecular complexity index is 584. The van der Waals surface area contributed by atoms with Gasteiger partial charge in [-0.1, -0.05) is 48.5 Å². The summed E-state index contributed by atoms with van der Waals surface area (Å²) in [6, 6.07) is 19.8. The molecule has 1 fully saturated rings. The number of nitrogens with one attached hydrogen (secondary N) is 1. The van der Waals surface area contributed by atoms with Crippen LogP contribution in [0.1, 0.15) is 24.0 Å². The number of rotatable bonds is 5. The molecule has 0 unspecified atom stereocenters. The minimum Gasteiger partial charge on any atom is -0.325 e. The van der Waals surface area contributed by atoms with Gasteiger partial charge >= 0.3 is 0 Å². The fourth-order valence-corrected chi connectivity index (χ4v) is 3.12. The molecule has 0 radical (unpaired) electrons. The fraction of sp³-hybridized carbons (Fsp3) is 0.368. The fourth-order valence-electron chi connectivity index (χ4n) is 3.12. The lowest BCUT2D eigenvalue weighted by atomic mass is 10.0. The Morgan fingerprint density at radius 1 is 0.917 bits per heavy atom. The highest BCUT2D eigenvalue weighted by Crippen LogP contribution is 2.15. The average molecular weight is 369 g/mol. The molecule has 1 heterocycles. The van der Waals surface area contributed by atoms with Crippen LogP contribution in [0, 0.1) is 0 Å². The largest absolute Gasteiger partial charge is 0.325 e. The number of halogens is 2. The van der Waals surface area contributed by atoms with E-state index in [-0.39, 0.29) is 24.8 Å². The molecule has 3 rings (SSSR count). The number of piperidine rings is 1. The Hall–Kier alpha value is -1.10. The normalized spacial score (nSPS) is 15.4. The van der Waals surface area contributed by atoms with E-state index >= 15 is 0 Å². The van der Waals surface area contributed by atoms with Gasteiger partial charge in [-0.25, -0.2) is 0 Å². The van der Waals surface area contributed by atoms with E-state index in [9.17, 15) is 0 Å². The lowest BCUT2D eigenvalue weighted by molar-refractivity contribution is -0.255. The van der Waals surface area contributed by atoms with Crippen molar-refractivity contribution in [3.8, 4) is 0 Å². The molecule has 0 amide bonds. The van der Waals surface area contributed by atoms with Gasteiger partial charge in [-0.15, -0.1) is 24.8 Å². The number of hydrogen-bond donors (Lipinski definition) is 2. The molecule has 5 heteroatoms. The third kappa shape index (κ3) is 6.08. The Morgan fingerprint density at radius 3 is 2.21 bits per heavy atom. The summed E-state index contributed by atoms with van der Waals surface area (Å²) in [6.07, 6.45) is 2.46. The molecule has 132 valence electrons. The van der Waals surface area contributed by atoms with Crippen molar-refractivity contribution in [2.24, 2.45) is 0 Å². The molecular weight excluding hydrogens is 341 g/mol. The summed E-state index contributed by atoms with van der Waals surface area (Å²) in [5.74, 6) is 0. The van der Waals surface area contributed by atoms with Gasteiger partial charge in [0.2, 0.25) is 0 Å². The average Bonchev–Trinajstić information content (AvgIpc) is 2.56. The minimum atomic E-state index is 0. The third-order valence-corrected chi connectivity index (χ3v) is 4.54. The van der Waals surface area contributed by atoms with Gasteiger partial charge in [-0.2, -0.15) is 0 Å². The van der Waals surface area contributed by atoms with Gasteiger partial charge in [-0.3, -0.25) is 4.90 Å². The lowest BCUT2D eigenvalue weighted by Crippen LogP contribution is -2.44. The van der Waals surface area contributed by atoms with Crippen molar-refractivity contribution in [1.82, 2.24) is 10.2 Å². The monoisotopic (exact) mass is 368 g/mol. The topological polar surface area (TPSA) is 42.9 Å². The van der Waals surface area contributed by atoms with E-state index in [2.05, 4.69) is 64.5 Å². The summed E-state index contributed by atoms with van der Waals surface area (Å²) >= 11 is 0. The number of hydrogen-bond acceptors (Lipinski definition) is 2. The summed E-state index contributed by atoms with van der Waals surface area (Å²) in [4.78, 5) is 2.56. The Balaban J connectivity index is 0.00000144. The predicted octanol–water partition coefficient (Wildman–Crippen LogP) is 3.16. The molecule has 24 heavy (non-hydrogen) atoms. The summed E-state index contributed by atoms with van der Waals surface area (Å²) in [5.41, 5.74) is 7.96. The molecule has 1 saturated heterocycles. The molecule has 1 aliphatic heterocycles. The second-order valence-corrected chi connectivity index (χ2v) is 6.19. The molecule has 0 spiro atoms. The van der Waals surface area contributed by atoms with Crippen LogP contribution in [-0.2, 0) is 13.1 Å². The highest BCUT2D eigenvalue weighted by Gasteiger charge is 2.19. The predicted molar refractivity (Wildman–Crippen MR) is 105 cm³/mol. The highest BCUT2D eigenvalue weighted by atomic mass is 35.5. The maximum Gasteiger partial charge on any atom is 0.132 e. The number of benzene rings is 2. The van der Waals surface area contributed by atoms with Gasteiger partial charge < -0.3 is 11.1 Å². The first-order chi connectivity index (χ1) is 10.8. The molecule has 0 saturated carbocycles.